The Labute approximate surface area is 116 Å². The molecule has 0 saturated carbocycles. The first kappa shape index (κ1) is 13.9. The Bertz CT molecular complexity index is 643. The van der Waals surface area contributed by atoms with Crippen LogP contribution in [0.4, 0.5) is 0 Å². The number of aryl methyl sites for hydroxylation is 1. The second-order valence-electron chi connectivity index (χ2n) is 4.47. The predicted molar refractivity (Wildman–Crippen MR) is 70.2 cm³/mol. The van der Waals surface area contributed by atoms with Gasteiger partial charge in [0.15, 0.2) is 0 Å². The van der Waals surface area contributed by atoms with Crippen molar-refractivity contribution < 1.29 is 19.4 Å². The number of carboxylic acids is 1. The standard InChI is InChI=1S/C15H15NO4/c1-9-12(10(2)16-13(9)14(17)18)15(19)20-8-11-6-4-3-5-7-11/h3-7,16H,8H2,1-2H3,(H,17,18)/p-1. The molecule has 5 heteroatoms. The van der Waals surface area contributed by atoms with E-state index in [1.807, 2.05) is 30.3 Å². The van der Waals surface area contributed by atoms with Crippen LogP contribution in [-0.2, 0) is 11.3 Å². The van der Waals surface area contributed by atoms with Gasteiger partial charge in [0.05, 0.1) is 17.2 Å². The molecule has 1 N–H and O–H groups in total. The Morgan fingerprint density at radius 3 is 2.40 bits per heavy atom. The highest BCUT2D eigenvalue weighted by Crippen LogP contribution is 2.19. The lowest BCUT2D eigenvalue weighted by molar-refractivity contribution is -0.255. The number of aromatic amines is 1. The Hall–Kier alpha value is -2.56. The van der Waals surface area contributed by atoms with Gasteiger partial charge in [-0.15, -0.1) is 0 Å². The van der Waals surface area contributed by atoms with E-state index in [1.54, 1.807) is 13.8 Å². The third-order valence-electron chi connectivity index (χ3n) is 3.06. The molecule has 1 aromatic heterocycles. The molecule has 0 amide bonds. The van der Waals surface area contributed by atoms with Crippen molar-refractivity contribution in [2.75, 3.05) is 0 Å². The van der Waals surface area contributed by atoms with E-state index >= 15 is 0 Å². The molecule has 5 nitrogen and oxygen atoms in total. The van der Waals surface area contributed by atoms with Crippen LogP contribution in [0.25, 0.3) is 0 Å². The number of esters is 1. The summed E-state index contributed by atoms with van der Waals surface area (Å²) in [6.07, 6.45) is 0. The zero-order valence-corrected chi connectivity index (χ0v) is 11.2. The van der Waals surface area contributed by atoms with E-state index in [2.05, 4.69) is 4.98 Å². The number of carbonyl (C=O) groups is 2. The monoisotopic (exact) mass is 272 g/mol. The van der Waals surface area contributed by atoms with E-state index in [9.17, 15) is 14.7 Å². The summed E-state index contributed by atoms with van der Waals surface area (Å²) in [5, 5.41) is 10.9. The molecule has 0 aliphatic heterocycles. The van der Waals surface area contributed by atoms with Crippen molar-refractivity contribution in [3.63, 3.8) is 0 Å². The molecular formula is C15H14NO4-. The Kier molecular flexibility index (Phi) is 3.89. The zero-order valence-electron chi connectivity index (χ0n) is 11.2. The van der Waals surface area contributed by atoms with E-state index < -0.39 is 11.9 Å². The number of H-pyrrole nitrogens is 1. The minimum absolute atomic E-state index is 0.0887. The fraction of sp³-hybridized carbons (Fsp3) is 0.200. The number of aromatic carboxylic acids is 1. The number of aromatic nitrogens is 1. The maximum atomic E-state index is 12.0. The largest absolute Gasteiger partial charge is 0.543 e. The highest BCUT2D eigenvalue weighted by molar-refractivity contribution is 5.97. The first-order valence-electron chi connectivity index (χ1n) is 6.12. The van der Waals surface area contributed by atoms with Crippen LogP contribution < -0.4 is 5.11 Å². The van der Waals surface area contributed by atoms with Gasteiger partial charge in [-0.05, 0) is 25.0 Å². The predicted octanol–water partition coefficient (Wildman–Crippen LogP) is 1.35. The van der Waals surface area contributed by atoms with Gasteiger partial charge >= 0.3 is 5.97 Å². The smallest absolute Gasteiger partial charge is 0.340 e. The van der Waals surface area contributed by atoms with Gasteiger partial charge in [0.1, 0.15) is 6.61 Å². The average Bonchev–Trinajstić information content (AvgIpc) is 2.73. The first-order valence-corrected chi connectivity index (χ1v) is 6.12. The van der Waals surface area contributed by atoms with Crippen LogP contribution in [0.1, 0.15) is 37.7 Å². The lowest BCUT2D eigenvalue weighted by Gasteiger charge is -2.06. The molecule has 0 atom stereocenters. The van der Waals surface area contributed by atoms with Crippen LogP contribution in [0.5, 0.6) is 0 Å². The average molecular weight is 272 g/mol. The molecule has 2 rings (SSSR count). The number of ether oxygens (including phenoxy) is 1. The van der Waals surface area contributed by atoms with Gasteiger partial charge < -0.3 is 19.6 Å². The Balaban J connectivity index is 2.16. The molecule has 0 bridgehead atoms. The molecule has 0 saturated heterocycles. The molecule has 1 aromatic carbocycles. The van der Waals surface area contributed by atoms with Crippen molar-refractivity contribution >= 4 is 11.9 Å². The fourth-order valence-corrected chi connectivity index (χ4v) is 2.06. The summed E-state index contributed by atoms with van der Waals surface area (Å²) in [6.45, 7) is 3.32. The Morgan fingerprint density at radius 2 is 1.85 bits per heavy atom. The van der Waals surface area contributed by atoms with Crippen LogP contribution in [0.15, 0.2) is 30.3 Å². The second kappa shape index (κ2) is 5.61. The van der Waals surface area contributed by atoms with Crippen molar-refractivity contribution in [3.8, 4) is 0 Å². The molecular weight excluding hydrogens is 258 g/mol. The molecule has 0 spiro atoms. The van der Waals surface area contributed by atoms with Crippen LogP contribution >= 0.6 is 0 Å². The van der Waals surface area contributed by atoms with Crippen molar-refractivity contribution in [3.05, 3.63) is 58.4 Å². The topological polar surface area (TPSA) is 82.2 Å². The van der Waals surface area contributed by atoms with E-state index in [-0.39, 0.29) is 17.9 Å². The van der Waals surface area contributed by atoms with E-state index in [4.69, 9.17) is 4.74 Å². The third-order valence-corrected chi connectivity index (χ3v) is 3.06. The van der Waals surface area contributed by atoms with Crippen molar-refractivity contribution in [2.24, 2.45) is 0 Å². The summed E-state index contributed by atoms with van der Waals surface area (Å²) < 4.78 is 5.20. The zero-order chi connectivity index (χ0) is 14.7. The van der Waals surface area contributed by atoms with Crippen molar-refractivity contribution in [1.82, 2.24) is 4.98 Å². The molecule has 0 radical (unpaired) electrons. The van der Waals surface area contributed by atoms with E-state index in [0.717, 1.165) is 5.56 Å². The van der Waals surface area contributed by atoms with Crippen LogP contribution in [-0.4, -0.2) is 16.9 Å². The molecule has 0 aliphatic carbocycles. The normalized spacial score (nSPS) is 10.3. The third kappa shape index (κ3) is 2.71. The van der Waals surface area contributed by atoms with Gasteiger partial charge in [-0.2, -0.15) is 0 Å². The lowest BCUT2D eigenvalue weighted by Crippen LogP contribution is -2.23. The molecule has 20 heavy (non-hydrogen) atoms. The number of benzene rings is 1. The van der Waals surface area contributed by atoms with Crippen LogP contribution in [0, 0.1) is 13.8 Å². The summed E-state index contributed by atoms with van der Waals surface area (Å²) >= 11 is 0. The number of rotatable bonds is 4. The Morgan fingerprint density at radius 1 is 1.20 bits per heavy atom. The summed E-state index contributed by atoms with van der Waals surface area (Å²) in [5.74, 6) is -1.89. The molecule has 1 heterocycles. The number of hydrogen-bond donors (Lipinski definition) is 1. The second-order valence-corrected chi connectivity index (χ2v) is 4.47. The van der Waals surface area contributed by atoms with Crippen LogP contribution in [0.3, 0.4) is 0 Å². The summed E-state index contributed by atoms with van der Waals surface area (Å²) in [4.78, 5) is 25.6. The number of carbonyl (C=O) groups excluding carboxylic acids is 2. The van der Waals surface area contributed by atoms with Gasteiger partial charge in [-0.25, -0.2) is 4.79 Å². The summed E-state index contributed by atoms with van der Waals surface area (Å²) in [7, 11) is 0. The van der Waals surface area contributed by atoms with Gasteiger partial charge in [-0.1, -0.05) is 30.3 Å². The summed E-state index contributed by atoms with van der Waals surface area (Å²) in [6, 6.07) is 9.26. The van der Waals surface area contributed by atoms with Gasteiger partial charge in [0.2, 0.25) is 0 Å². The minimum atomic E-state index is -1.34. The fourth-order valence-electron chi connectivity index (χ4n) is 2.06. The number of nitrogens with one attached hydrogen (secondary N) is 1. The highest BCUT2D eigenvalue weighted by Gasteiger charge is 2.19. The van der Waals surface area contributed by atoms with E-state index in [0.29, 0.717) is 11.3 Å². The quantitative estimate of drug-likeness (QED) is 0.852. The maximum Gasteiger partial charge on any atom is 0.340 e. The SMILES string of the molecule is Cc1[nH]c(C(=O)[O-])c(C)c1C(=O)OCc1ccccc1. The van der Waals surface area contributed by atoms with Crippen molar-refractivity contribution in [1.29, 1.82) is 0 Å². The lowest BCUT2D eigenvalue weighted by atomic mass is 10.1. The molecule has 2 aromatic rings. The molecule has 0 fully saturated rings. The van der Waals surface area contributed by atoms with Gasteiger partial charge in [-0.3, -0.25) is 0 Å². The van der Waals surface area contributed by atoms with Gasteiger partial charge in [0.25, 0.3) is 0 Å². The molecule has 0 aliphatic rings. The molecule has 104 valence electrons. The van der Waals surface area contributed by atoms with E-state index in [1.165, 1.54) is 0 Å². The number of carboxylic acid groups (broad SMARTS) is 1. The maximum absolute atomic E-state index is 12.0. The highest BCUT2D eigenvalue weighted by atomic mass is 16.5. The van der Waals surface area contributed by atoms with Gasteiger partial charge in [0, 0.05) is 5.69 Å². The number of hydrogen-bond acceptors (Lipinski definition) is 4. The minimum Gasteiger partial charge on any atom is -0.543 e. The van der Waals surface area contributed by atoms with Crippen molar-refractivity contribution in [2.45, 2.75) is 20.5 Å². The summed E-state index contributed by atoms with van der Waals surface area (Å²) in [5.41, 5.74) is 1.82. The first-order chi connectivity index (χ1) is 9.50. The van der Waals surface area contributed by atoms with Crippen LogP contribution in [0.2, 0.25) is 0 Å². The molecule has 0 unspecified atom stereocenters.